The molecule has 0 aliphatic heterocycles. The number of nitrogens with zero attached hydrogens (tertiary/aromatic N) is 2. The molecule has 0 spiro atoms. The first-order chi connectivity index (χ1) is 16.1. The summed E-state index contributed by atoms with van der Waals surface area (Å²) < 4.78 is 43.7. The maximum atomic E-state index is 12.8. The predicted octanol–water partition coefficient (Wildman–Crippen LogP) is 3.71. The molecule has 2 aromatic carbocycles. The Morgan fingerprint density at radius 1 is 1.00 bits per heavy atom. The lowest BCUT2D eigenvalue weighted by molar-refractivity contribution is -0.137. The van der Waals surface area contributed by atoms with E-state index in [1.807, 2.05) is 0 Å². The van der Waals surface area contributed by atoms with E-state index in [1.54, 1.807) is 24.3 Å². The largest absolute Gasteiger partial charge is 0.416 e. The zero-order valence-electron chi connectivity index (χ0n) is 17.6. The fourth-order valence-electron chi connectivity index (χ4n) is 2.67. The van der Waals surface area contributed by atoms with Gasteiger partial charge >= 0.3 is 6.18 Å². The van der Waals surface area contributed by atoms with Gasteiger partial charge in [-0.3, -0.25) is 14.4 Å². The third-order valence-corrected chi connectivity index (χ3v) is 4.91. The summed E-state index contributed by atoms with van der Waals surface area (Å²) in [5.74, 6) is -1.37. The number of hydrogen-bond acceptors (Lipinski definition) is 7. The molecular weight excluding hydrogens is 475 g/mol. The monoisotopic (exact) mass is 493 g/mol. The van der Waals surface area contributed by atoms with Crippen LogP contribution in [0.5, 0.6) is 0 Å². The van der Waals surface area contributed by atoms with Crippen molar-refractivity contribution in [2.45, 2.75) is 24.9 Å². The molecule has 0 saturated heterocycles. The van der Waals surface area contributed by atoms with E-state index in [-0.39, 0.29) is 40.8 Å². The molecule has 3 rings (SSSR count). The van der Waals surface area contributed by atoms with Gasteiger partial charge in [-0.25, -0.2) is 0 Å². The number of anilines is 2. The Labute approximate surface area is 195 Å². The quantitative estimate of drug-likeness (QED) is 0.409. The highest BCUT2D eigenvalue weighted by Gasteiger charge is 2.30. The van der Waals surface area contributed by atoms with Gasteiger partial charge in [0.1, 0.15) is 0 Å². The lowest BCUT2D eigenvalue weighted by Gasteiger charge is -2.08. The Balaban J connectivity index is 1.48. The maximum absolute atomic E-state index is 12.8. The number of thioether (sulfide) groups is 1. The van der Waals surface area contributed by atoms with Crippen LogP contribution in [0.4, 0.5) is 24.5 Å². The molecule has 0 unspecified atom stereocenters. The lowest BCUT2D eigenvalue weighted by atomic mass is 10.1. The van der Waals surface area contributed by atoms with Gasteiger partial charge in [0.25, 0.3) is 11.1 Å². The molecule has 0 atom stereocenters. The van der Waals surface area contributed by atoms with Crippen molar-refractivity contribution in [3.05, 3.63) is 65.5 Å². The van der Waals surface area contributed by atoms with E-state index in [0.717, 1.165) is 30.0 Å². The van der Waals surface area contributed by atoms with E-state index in [1.165, 1.54) is 13.0 Å². The highest BCUT2D eigenvalue weighted by molar-refractivity contribution is 7.99. The van der Waals surface area contributed by atoms with Crippen molar-refractivity contribution in [2.24, 2.45) is 0 Å². The fraction of sp³-hybridized carbons (Fsp3) is 0.190. The molecule has 3 amide bonds. The topological polar surface area (TPSA) is 126 Å². The number of aromatic nitrogens is 2. The molecule has 0 fully saturated rings. The summed E-state index contributed by atoms with van der Waals surface area (Å²) in [7, 11) is 0. The number of carbonyl (C=O) groups is 3. The van der Waals surface area contributed by atoms with Crippen LogP contribution in [-0.2, 0) is 22.3 Å². The minimum atomic E-state index is -4.56. The second-order valence-corrected chi connectivity index (χ2v) is 7.75. The van der Waals surface area contributed by atoms with Crippen molar-refractivity contribution >= 4 is 40.9 Å². The van der Waals surface area contributed by atoms with E-state index in [4.69, 9.17) is 4.42 Å². The van der Waals surface area contributed by atoms with Gasteiger partial charge in [0.2, 0.25) is 17.7 Å². The molecular formula is C21H18F3N5O4S. The first-order valence-electron chi connectivity index (χ1n) is 9.68. The molecule has 3 aromatic rings. The summed E-state index contributed by atoms with van der Waals surface area (Å²) in [5, 5.41) is 15.2. The Hall–Kier alpha value is -3.87. The van der Waals surface area contributed by atoms with Crippen LogP contribution in [0.3, 0.4) is 0 Å². The molecule has 13 heteroatoms. The van der Waals surface area contributed by atoms with Crippen molar-refractivity contribution in [1.29, 1.82) is 0 Å². The van der Waals surface area contributed by atoms with Crippen LogP contribution in [0.15, 0.2) is 58.2 Å². The number of amides is 3. The molecule has 1 heterocycles. The SMILES string of the molecule is CC(=O)Nc1cccc(NC(=O)CSc2nnc(CNC(=O)c3cccc(C(F)(F)F)c3)o2)c1. The molecule has 0 aliphatic carbocycles. The van der Waals surface area contributed by atoms with Crippen LogP contribution >= 0.6 is 11.8 Å². The lowest BCUT2D eigenvalue weighted by Crippen LogP contribution is -2.23. The van der Waals surface area contributed by atoms with Gasteiger partial charge in [-0.1, -0.05) is 23.9 Å². The number of nitrogens with one attached hydrogen (secondary N) is 3. The van der Waals surface area contributed by atoms with E-state index in [9.17, 15) is 27.6 Å². The molecule has 0 bridgehead atoms. The van der Waals surface area contributed by atoms with Crippen molar-refractivity contribution < 1.29 is 32.0 Å². The minimum Gasteiger partial charge on any atom is -0.414 e. The Morgan fingerprint density at radius 2 is 1.71 bits per heavy atom. The Kier molecular flexibility index (Phi) is 7.89. The van der Waals surface area contributed by atoms with E-state index >= 15 is 0 Å². The normalized spacial score (nSPS) is 11.1. The predicted molar refractivity (Wildman–Crippen MR) is 117 cm³/mol. The number of benzene rings is 2. The van der Waals surface area contributed by atoms with Crippen LogP contribution in [0.25, 0.3) is 0 Å². The molecule has 0 saturated carbocycles. The Bertz CT molecular complexity index is 1200. The highest BCUT2D eigenvalue weighted by atomic mass is 32.2. The summed E-state index contributed by atoms with van der Waals surface area (Å²) in [4.78, 5) is 35.4. The third-order valence-electron chi connectivity index (χ3n) is 4.09. The highest BCUT2D eigenvalue weighted by Crippen LogP contribution is 2.29. The Morgan fingerprint density at radius 3 is 2.41 bits per heavy atom. The zero-order chi connectivity index (χ0) is 24.7. The summed E-state index contributed by atoms with van der Waals surface area (Å²) in [6.45, 7) is 1.17. The molecule has 0 radical (unpaired) electrons. The molecule has 34 heavy (non-hydrogen) atoms. The summed E-state index contributed by atoms with van der Waals surface area (Å²) in [6.07, 6.45) is -4.56. The molecule has 178 valence electrons. The van der Waals surface area contributed by atoms with Gasteiger partial charge in [0.05, 0.1) is 17.9 Å². The van der Waals surface area contributed by atoms with Crippen LogP contribution in [0.1, 0.15) is 28.7 Å². The standard InChI is InChI=1S/C21H18F3N5O4S/c1-12(30)26-15-6-3-7-16(9-15)27-17(31)11-34-20-29-28-18(33-20)10-25-19(32)13-4-2-5-14(8-13)21(22,23)24/h2-9H,10-11H2,1H3,(H,25,32)(H,26,30)(H,27,31). The van der Waals surface area contributed by atoms with Crippen LogP contribution in [0, 0.1) is 0 Å². The van der Waals surface area contributed by atoms with E-state index in [2.05, 4.69) is 26.1 Å². The van der Waals surface area contributed by atoms with Gasteiger partial charge in [-0.15, -0.1) is 10.2 Å². The molecule has 9 nitrogen and oxygen atoms in total. The number of alkyl halides is 3. The first-order valence-corrected chi connectivity index (χ1v) is 10.7. The van der Waals surface area contributed by atoms with Crippen LogP contribution in [0.2, 0.25) is 0 Å². The second-order valence-electron chi connectivity index (χ2n) is 6.82. The summed E-state index contributed by atoms with van der Waals surface area (Å²) >= 11 is 0.959. The molecule has 1 aromatic heterocycles. The third kappa shape index (κ3) is 7.33. The van der Waals surface area contributed by atoms with Gasteiger partial charge in [-0.05, 0) is 36.4 Å². The van der Waals surface area contributed by atoms with Crippen molar-refractivity contribution in [3.63, 3.8) is 0 Å². The smallest absolute Gasteiger partial charge is 0.414 e. The zero-order valence-corrected chi connectivity index (χ0v) is 18.4. The van der Waals surface area contributed by atoms with Crippen molar-refractivity contribution in [3.8, 4) is 0 Å². The summed E-state index contributed by atoms with van der Waals surface area (Å²) in [6, 6.07) is 10.6. The number of hydrogen-bond donors (Lipinski definition) is 3. The van der Waals surface area contributed by atoms with E-state index in [0.29, 0.717) is 11.4 Å². The average Bonchev–Trinajstić information content (AvgIpc) is 3.23. The van der Waals surface area contributed by atoms with Crippen molar-refractivity contribution in [2.75, 3.05) is 16.4 Å². The van der Waals surface area contributed by atoms with E-state index < -0.39 is 17.6 Å². The van der Waals surface area contributed by atoms with Gasteiger partial charge in [0, 0.05) is 23.9 Å². The fourth-order valence-corrected chi connectivity index (χ4v) is 3.25. The van der Waals surface area contributed by atoms with Crippen molar-refractivity contribution in [1.82, 2.24) is 15.5 Å². The second kappa shape index (κ2) is 10.8. The van der Waals surface area contributed by atoms with Gasteiger partial charge in [-0.2, -0.15) is 13.2 Å². The van der Waals surface area contributed by atoms with Crippen LogP contribution in [-0.4, -0.2) is 33.7 Å². The maximum Gasteiger partial charge on any atom is 0.416 e. The first kappa shape index (κ1) is 24.8. The number of halogens is 3. The van der Waals surface area contributed by atoms with Gasteiger partial charge in [0.15, 0.2) is 0 Å². The number of carbonyl (C=O) groups excluding carboxylic acids is 3. The summed E-state index contributed by atoms with van der Waals surface area (Å²) in [5.41, 5.74) is -0.0769. The van der Waals surface area contributed by atoms with Gasteiger partial charge < -0.3 is 20.4 Å². The molecule has 0 aliphatic rings. The average molecular weight is 493 g/mol. The molecule has 3 N–H and O–H groups in total. The van der Waals surface area contributed by atoms with Crippen LogP contribution < -0.4 is 16.0 Å². The minimum absolute atomic E-state index is 0.0197. The number of rotatable bonds is 8.